The van der Waals surface area contributed by atoms with Crippen molar-refractivity contribution in [2.75, 3.05) is 18.4 Å². The number of aromatic nitrogens is 1. The molecule has 0 unspecified atom stereocenters. The van der Waals surface area contributed by atoms with Gasteiger partial charge in [-0.25, -0.2) is 4.98 Å². The van der Waals surface area contributed by atoms with Gasteiger partial charge in [-0.2, -0.15) is 0 Å². The van der Waals surface area contributed by atoms with Gasteiger partial charge in [-0.3, -0.25) is 9.59 Å². The topological polar surface area (TPSA) is 62.3 Å². The van der Waals surface area contributed by atoms with Crippen molar-refractivity contribution in [1.82, 2.24) is 9.88 Å². The third-order valence-electron chi connectivity index (χ3n) is 7.52. The van der Waals surface area contributed by atoms with Crippen LogP contribution in [0.2, 0.25) is 5.02 Å². The van der Waals surface area contributed by atoms with Crippen molar-refractivity contribution in [2.24, 2.45) is 5.92 Å². The number of rotatable bonds is 7. The highest BCUT2D eigenvalue weighted by Crippen LogP contribution is 2.33. The molecule has 0 bridgehead atoms. The zero-order valence-corrected chi connectivity index (χ0v) is 22.0. The maximum Gasteiger partial charge on any atom is 0.275 e. The molecular weight excluding hydrogens is 490 g/mol. The van der Waals surface area contributed by atoms with E-state index in [-0.39, 0.29) is 5.91 Å². The Hall–Kier alpha value is -2.70. The number of anilines is 1. The molecule has 2 aliphatic rings. The molecule has 2 heterocycles. The zero-order chi connectivity index (χ0) is 24.9. The molecule has 2 amide bonds. The van der Waals surface area contributed by atoms with E-state index in [1.54, 1.807) is 11.3 Å². The first-order valence-corrected chi connectivity index (χ1v) is 14.2. The van der Waals surface area contributed by atoms with Crippen LogP contribution in [-0.2, 0) is 4.79 Å². The Bertz CT molecular complexity index is 1200. The lowest BCUT2D eigenvalue weighted by atomic mass is 9.96. The van der Waals surface area contributed by atoms with E-state index in [1.807, 2.05) is 58.8 Å². The summed E-state index contributed by atoms with van der Waals surface area (Å²) < 4.78 is 0. The number of carbonyl (C=O) groups is 2. The number of hydrogen-bond acceptors (Lipinski definition) is 4. The molecule has 0 spiro atoms. The van der Waals surface area contributed by atoms with Crippen LogP contribution in [0.15, 0.2) is 53.9 Å². The molecule has 0 atom stereocenters. The number of hydrogen-bond donors (Lipinski definition) is 1. The summed E-state index contributed by atoms with van der Waals surface area (Å²) in [5.41, 5.74) is 3.10. The normalized spacial score (nSPS) is 16.9. The van der Waals surface area contributed by atoms with Crippen LogP contribution in [0.3, 0.4) is 0 Å². The van der Waals surface area contributed by atoms with Crippen molar-refractivity contribution in [3.8, 4) is 11.1 Å². The summed E-state index contributed by atoms with van der Waals surface area (Å²) in [5, 5.41) is 6.54. The van der Waals surface area contributed by atoms with E-state index >= 15 is 0 Å². The summed E-state index contributed by atoms with van der Waals surface area (Å²) in [6.45, 7) is 1.56. The van der Waals surface area contributed by atoms with Gasteiger partial charge in [-0.15, -0.1) is 11.3 Å². The maximum absolute atomic E-state index is 13.0. The molecule has 3 aromatic rings. The lowest BCUT2D eigenvalue weighted by molar-refractivity contribution is -0.132. The second-order valence-electron chi connectivity index (χ2n) is 9.92. The van der Waals surface area contributed by atoms with Gasteiger partial charge in [0, 0.05) is 47.1 Å². The summed E-state index contributed by atoms with van der Waals surface area (Å²) in [5.74, 6) is 1.15. The molecule has 188 valence electrons. The van der Waals surface area contributed by atoms with Crippen LogP contribution in [-0.4, -0.2) is 34.8 Å². The van der Waals surface area contributed by atoms with Gasteiger partial charge < -0.3 is 10.2 Å². The van der Waals surface area contributed by atoms with Gasteiger partial charge in [-0.05, 0) is 48.9 Å². The number of halogens is 1. The molecule has 0 radical (unpaired) electrons. The predicted octanol–water partition coefficient (Wildman–Crippen LogP) is 7.39. The first kappa shape index (κ1) is 25.0. The Labute approximate surface area is 221 Å². The van der Waals surface area contributed by atoms with Gasteiger partial charge in [-0.1, -0.05) is 67.6 Å². The number of piperidine rings is 1. The molecule has 2 fully saturated rings. The Morgan fingerprint density at radius 3 is 2.47 bits per heavy atom. The highest BCUT2D eigenvalue weighted by molar-refractivity contribution is 7.10. The minimum Gasteiger partial charge on any atom is -0.343 e. The fraction of sp³-hybridized carbons (Fsp3) is 0.414. The third kappa shape index (κ3) is 5.98. The quantitative estimate of drug-likeness (QED) is 0.352. The molecule has 2 aromatic carbocycles. The fourth-order valence-electron chi connectivity index (χ4n) is 5.40. The Morgan fingerprint density at radius 2 is 1.72 bits per heavy atom. The smallest absolute Gasteiger partial charge is 0.275 e. The van der Waals surface area contributed by atoms with Gasteiger partial charge >= 0.3 is 0 Å². The predicted molar refractivity (Wildman–Crippen MR) is 147 cm³/mol. The molecule has 1 aliphatic carbocycles. The van der Waals surface area contributed by atoms with Crippen molar-refractivity contribution >= 4 is 40.4 Å². The SMILES string of the molecule is O=C(Nc1ccccc1-c1ccc(Cl)cc1)c1csc(C2CCN(C(=O)CCC3CCCC3)CC2)n1. The summed E-state index contributed by atoms with van der Waals surface area (Å²) in [6.07, 6.45) is 8.79. The van der Waals surface area contributed by atoms with E-state index in [4.69, 9.17) is 11.6 Å². The van der Waals surface area contributed by atoms with E-state index in [2.05, 4.69) is 10.3 Å². The second-order valence-corrected chi connectivity index (χ2v) is 11.2. The van der Waals surface area contributed by atoms with Crippen LogP contribution in [0.4, 0.5) is 5.69 Å². The molecule has 1 N–H and O–H groups in total. The van der Waals surface area contributed by atoms with Gasteiger partial charge in [0.05, 0.1) is 5.01 Å². The van der Waals surface area contributed by atoms with Crippen molar-refractivity contribution in [3.63, 3.8) is 0 Å². The van der Waals surface area contributed by atoms with E-state index in [9.17, 15) is 9.59 Å². The van der Waals surface area contributed by atoms with Crippen LogP contribution >= 0.6 is 22.9 Å². The molecule has 1 aliphatic heterocycles. The summed E-state index contributed by atoms with van der Waals surface area (Å²) in [7, 11) is 0. The van der Waals surface area contributed by atoms with Crippen molar-refractivity contribution in [1.29, 1.82) is 0 Å². The summed E-state index contributed by atoms with van der Waals surface area (Å²) >= 11 is 7.58. The number of para-hydroxylation sites is 1. The molecular formula is C29H32ClN3O2S. The van der Waals surface area contributed by atoms with Crippen LogP contribution in [0.1, 0.15) is 72.8 Å². The van der Waals surface area contributed by atoms with Gasteiger partial charge in [0.25, 0.3) is 5.91 Å². The van der Waals surface area contributed by atoms with Gasteiger partial charge in [0.15, 0.2) is 0 Å². The minimum absolute atomic E-state index is 0.210. The Kier molecular flexibility index (Phi) is 8.02. The second kappa shape index (κ2) is 11.6. The molecule has 7 heteroatoms. The molecule has 5 nitrogen and oxygen atoms in total. The first-order chi connectivity index (χ1) is 17.6. The van der Waals surface area contributed by atoms with Crippen molar-refractivity contribution in [3.05, 3.63) is 69.6 Å². The molecule has 1 aromatic heterocycles. The molecule has 36 heavy (non-hydrogen) atoms. The first-order valence-electron chi connectivity index (χ1n) is 13.0. The highest BCUT2D eigenvalue weighted by atomic mass is 35.5. The Balaban J connectivity index is 1.16. The fourth-order valence-corrected chi connectivity index (χ4v) is 6.50. The molecule has 5 rings (SSSR count). The van der Waals surface area contributed by atoms with Crippen LogP contribution in [0.25, 0.3) is 11.1 Å². The number of nitrogens with one attached hydrogen (secondary N) is 1. The maximum atomic E-state index is 13.0. The van der Waals surface area contributed by atoms with E-state index in [0.29, 0.717) is 29.0 Å². The lowest BCUT2D eigenvalue weighted by Crippen LogP contribution is -2.38. The number of amides is 2. The van der Waals surface area contributed by atoms with Crippen LogP contribution in [0.5, 0.6) is 0 Å². The number of nitrogens with zero attached hydrogens (tertiary/aromatic N) is 2. The summed E-state index contributed by atoms with van der Waals surface area (Å²) in [6, 6.07) is 15.3. The largest absolute Gasteiger partial charge is 0.343 e. The Morgan fingerprint density at radius 1 is 1.00 bits per heavy atom. The van der Waals surface area contributed by atoms with E-state index in [0.717, 1.165) is 60.1 Å². The lowest BCUT2D eigenvalue weighted by Gasteiger charge is -2.31. The average molecular weight is 522 g/mol. The van der Waals surface area contributed by atoms with E-state index < -0.39 is 0 Å². The standard InChI is InChI=1S/C29H32ClN3O2S/c30-23-12-10-21(11-13-23)24-7-3-4-8-25(24)31-28(35)26-19-36-29(32-26)22-15-17-33(18-16-22)27(34)14-9-20-5-1-2-6-20/h3-4,7-8,10-13,19-20,22H,1-2,5-6,9,14-18H2,(H,31,35). The van der Waals surface area contributed by atoms with Crippen LogP contribution in [0, 0.1) is 5.92 Å². The number of benzene rings is 2. The van der Waals surface area contributed by atoms with Gasteiger partial charge in [0.1, 0.15) is 5.69 Å². The van der Waals surface area contributed by atoms with Crippen molar-refractivity contribution in [2.45, 2.75) is 57.3 Å². The molecule has 1 saturated heterocycles. The summed E-state index contributed by atoms with van der Waals surface area (Å²) in [4.78, 5) is 32.4. The number of carbonyl (C=O) groups excluding carboxylic acids is 2. The monoisotopic (exact) mass is 521 g/mol. The third-order valence-corrected chi connectivity index (χ3v) is 8.78. The number of thiazole rings is 1. The average Bonchev–Trinajstić information content (AvgIpc) is 3.61. The zero-order valence-electron chi connectivity index (χ0n) is 20.4. The van der Waals surface area contributed by atoms with Crippen LogP contribution < -0.4 is 5.32 Å². The minimum atomic E-state index is -0.210. The highest BCUT2D eigenvalue weighted by Gasteiger charge is 2.27. The number of likely N-dealkylation sites (tertiary alicyclic amines) is 1. The van der Waals surface area contributed by atoms with Gasteiger partial charge in [0.2, 0.25) is 5.91 Å². The van der Waals surface area contributed by atoms with E-state index in [1.165, 1.54) is 25.7 Å². The van der Waals surface area contributed by atoms with Crippen molar-refractivity contribution < 1.29 is 9.59 Å². The molecule has 1 saturated carbocycles.